The van der Waals surface area contributed by atoms with Crippen LogP contribution in [0.25, 0.3) is 0 Å². The second-order valence-corrected chi connectivity index (χ2v) is 5.99. The fraction of sp³-hybridized carbons (Fsp3) is 0.231. The van der Waals surface area contributed by atoms with Gasteiger partial charge in [0.1, 0.15) is 17.6 Å². The van der Waals surface area contributed by atoms with E-state index in [1.807, 2.05) is 23.6 Å². The molecular weight excluding hydrogens is 316 g/mol. The van der Waals surface area contributed by atoms with Crippen molar-refractivity contribution in [2.75, 3.05) is 14.2 Å². The fourth-order valence-electron chi connectivity index (χ4n) is 1.69. The SMILES string of the molecule is COc1ccc(C(O)c2csc(Br)c2)c(OC)c1. The van der Waals surface area contributed by atoms with Crippen molar-refractivity contribution in [3.8, 4) is 11.5 Å². The van der Waals surface area contributed by atoms with E-state index in [0.29, 0.717) is 11.5 Å². The van der Waals surface area contributed by atoms with Gasteiger partial charge in [-0.15, -0.1) is 11.3 Å². The van der Waals surface area contributed by atoms with Crippen molar-refractivity contribution >= 4 is 27.3 Å². The Morgan fingerprint density at radius 1 is 1.22 bits per heavy atom. The van der Waals surface area contributed by atoms with Gasteiger partial charge in [0, 0.05) is 11.6 Å². The van der Waals surface area contributed by atoms with Crippen LogP contribution in [-0.4, -0.2) is 19.3 Å². The number of benzene rings is 1. The molecule has 5 heteroatoms. The zero-order valence-electron chi connectivity index (χ0n) is 10.0. The van der Waals surface area contributed by atoms with E-state index < -0.39 is 6.10 Å². The molecule has 0 spiro atoms. The monoisotopic (exact) mass is 328 g/mol. The minimum Gasteiger partial charge on any atom is -0.497 e. The number of ether oxygens (including phenoxy) is 2. The Morgan fingerprint density at radius 2 is 2.00 bits per heavy atom. The van der Waals surface area contributed by atoms with E-state index in [0.717, 1.165) is 14.9 Å². The van der Waals surface area contributed by atoms with Gasteiger partial charge in [-0.2, -0.15) is 0 Å². The van der Waals surface area contributed by atoms with Crippen LogP contribution in [-0.2, 0) is 0 Å². The van der Waals surface area contributed by atoms with Crippen molar-refractivity contribution in [1.29, 1.82) is 0 Å². The summed E-state index contributed by atoms with van der Waals surface area (Å²) in [4.78, 5) is 0. The summed E-state index contributed by atoms with van der Waals surface area (Å²) in [5.41, 5.74) is 1.57. The molecule has 1 atom stereocenters. The predicted molar refractivity (Wildman–Crippen MR) is 75.6 cm³/mol. The number of halogens is 1. The van der Waals surface area contributed by atoms with Gasteiger partial charge in [-0.3, -0.25) is 0 Å². The summed E-state index contributed by atoms with van der Waals surface area (Å²) in [5, 5.41) is 12.3. The van der Waals surface area contributed by atoms with Gasteiger partial charge in [0.05, 0.1) is 18.0 Å². The van der Waals surface area contributed by atoms with E-state index in [2.05, 4.69) is 15.9 Å². The van der Waals surface area contributed by atoms with E-state index in [1.54, 1.807) is 20.3 Å². The molecule has 0 saturated heterocycles. The predicted octanol–water partition coefficient (Wildman–Crippen LogP) is 3.61. The Bertz CT molecular complexity index is 539. The number of thiophene rings is 1. The van der Waals surface area contributed by atoms with Gasteiger partial charge in [0.25, 0.3) is 0 Å². The largest absolute Gasteiger partial charge is 0.497 e. The molecule has 0 saturated carbocycles. The Balaban J connectivity index is 2.38. The van der Waals surface area contributed by atoms with Crippen LogP contribution in [0.15, 0.2) is 33.4 Å². The van der Waals surface area contributed by atoms with E-state index in [4.69, 9.17) is 9.47 Å². The Morgan fingerprint density at radius 3 is 2.56 bits per heavy atom. The highest BCUT2D eigenvalue weighted by molar-refractivity contribution is 9.11. The minimum absolute atomic E-state index is 0.615. The van der Waals surface area contributed by atoms with Crippen LogP contribution in [0.4, 0.5) is 0 Å². The van der Waals surface area contributed by atoms with Crippen LogP contribution in [0.3, 0.4) is 0 Å². The third-order valence-corrected chi connectivity index (χ3v) is 4.16. The number of aliphatic hydroxyl groups excluding tert-OH is 1. The first-order valence-electron chi connectivity index (χ1n) is 5.29. The molecule has 0 aliphatic heterocycles. The summed E-state index contributed by atoms with van der Waals surface area (Å²) in [7, 11) is 3.18. The van der Waals surface area contributed by atoms with Crippen molar-refractivity contribution in [3.05, 3.63) is 44.6 Å². The van der Waals surface area contributed by atoms with E-state index in [9.17, 15) is 5.11 Å². The van der Waals surface area contributed by atoms with Crippen LogP contribution in [0.1, 0.15) is 17.2 Å². The molecule has 2 aromatic rings. The van der Waals surface area contributed by atoms with Crippen LogP contribution in [0.2, 0.25) is 0 Å². The summed E-state index contributed by atoms with van der Waals surface area (Å²) >= 11 is 4.93. The Kier molecular flexibility index (Phi) is 4.27. The van der Waals surface area contributed by atoms with Gasteiger partial charge in [-0.1, -0.05) is 0 Å². The van der Waals surface area contributed by atoms with Crippen molar-refractivity contribution in [2.24, 2.45) is 0 Å². The lowest BCUT2D eigenvalue weighted by Gasteiger charge is -2.14. The zero-order chi connectivity index (χ0) is 13.1. The van der Waals surface area contributed by atoms with Crippen molar-refractivity contribution in [2.45, 2.75) is 6.10 Å². The second-order valence-electron chi connectivity index (χ2n) is 3.69. The first-order valence-corrected chi connectivity index (χ1v) is 6.97. The third-order valence-electron chi connectivity index (χ3n) is 2.64. The summed E-state index contributed by atoms with van der Waals surface area (Å²) in [6.07, 6.45) is -0.701. The molecule has 1 aromatic heterocycles. The molecule has 0 radical (unpaired) electrons. The van der Waals surface area contributed by atoms with E-state index in [1.165, 1.54) is 11.3 Å². The highest BCUT2D eigenvalue weighted by Crippen LogP contribution is 2.35. The van der Waals surface area contributed by atoms with Gasteiger partial charge < -0.3 is 14.6 Å². The third kappa shape index (κ3) is 2.68. The zero-order valence-corrected chi connectivity index (χ0v) is 12.4. The second kappa shape index (κ2) is 5.73. The topological polar surface area (TPSA) is 38.7 Å². The lowest BCUT2D eigenvalue weighted by atomic mass is 10.0. The summed E-state index contributed by atoms with van der Waals surface area (Å²) in [5.74, 6) is 1.32. The van der Waals surface area contributed by atoms with Crippen LogP contribution in [0.5, 0.6) is 11.5 Å². The summed E-state index contributed by atoms with van der Waals surface area (Å²) < 4.78 is 11.4. The van der Waals surface area contributed by atoms with Crippen molar-refractivity contribution in [1.82, 2.24) is 0 Å². The molecule has 96 valence electrons. The fourth-order valence-corrected chi connectivity index (χ4v) is 2.89. The van der Waals surface area contributed by atoms with Gasteiger partial charge in [0.15, 0.2) is 0 Å². The van der Waals surface area contributed by atoms with Crippen molar-refractivity contribution < 1.29 is 14.6 Å². The molecule has 3 nitrogen and oxygen atoms in total. The lowest BCUT2D eigenvalue weighted by molar-refractivity contribution is 0.215. The molecule has 0 amide bonds. The highest BCUT2D eigenvalue weighted by atomic mass is 79.9. The maximum absolute atomic E-state index is 10.3. The van der Waals surface area contributed by atoms with Gasteiger partial charge in [-0.05, 0) is 45.1 Å². The quantitative estimate of drug-likeness (QED) is 0.931. The molecule has 1 aromatic carbocycles. The average molecular weight is 329 g/mol. The highest BCUT2D eigenvalue weighted by Gasteiger charge is 2.17. The summed E-state index contributed by atoms with van der Waals surface area (Å²) in [6.45, 7) is 0. The molecule has 1 heterocycles. The minimum atomic E-state index is -0.701. The van der Waals surface area contributed by atoms with Gasteiger partial charge >= 0.3 is 0 Å². The van der Waals surface area contributed by atoms with Crippen LogP contribution < -0.4 is 9.47 Å². The first kappa shape index (κ1) is 13.4. The van der Waals surface area contributed by atoms with Gasteiger partial charge in [0.2, 0.25) is 0 Å². The van der Waals surface area contributed by atoms with Crippen LogP contribution >= 0.6 is 27.3 Å². The smallest absolute Gasteiger partial charge is 0.128 e. The first-order chi connectivity index (χ1) is 8.65. The maximum Gasteiger partial charge on any atom is 0.128 e. The molecule has 0 fully saturated rings. The van der Waals surface area contributed by atoms with Gasteiger partial charge in [-0.25, -0.2) is 0 Å². The molecule has 1 N–H and O–H groups in total. The number of hydrogen-bond acceptors (Lipinski definition) is 4. The number of rotatable bonds is 4. The molecule has 1 unspecified atom stereocenters. The molecule has 0 aliphatic rings. The van der Waals surface area contributed by atoms with Crippen molar-refractivity contribution in [3.63, 3.8) is 0 Å². The maximum atomic E-state index is 10.3. The number of aliphatic hydroxyl groups is 1. The molecule has 18 heavy (non-hydrogen) atoms. The molecule has 0 aliphatic carbocycles. The Hall–Kier alpha value is -1.04. The molecule has 2 rings (SSSR count). The summed E-state index contributed by atoms with van der Waals surface area (Å²) in [6, 6.07) is 7.29. The molecular formula is C13H13BrO3S. The average Bonchev–Trinajstić information content (AvgIpc) is 2.83. The number of methoxy groups -OCH3 is 2. The normalized spacial score (nSPS) is 12.2. The standard InChI is InChI=1S/C13H13BrO3S/c1-16-9-3-4-10(11(6-9)17-2)13(15)8-5-12(14)18-7-8/h3-7,13,15H,1-2H3. The Labute approximate surface area is 118 Å². The van der Waals surface area contributed by atoms with E-state index >= 15 is 0 Å². The van der Waals surface area contributed by atoms with Crippen LogP contribution in [0, 0.1) is 0 Å². The molecule has 0 bridgehead atoms. The lowest BCUT2D eigenvalue weighted by Crippen LogP contribution is -2.01. The number of hydrogen-bond donors (Lipinski definition) is 1. The van der Waals surface area contributed by atoms with E-state index in [-0.39, 0.29) is 0 Å².